The molecule has 0 fully saturated rings. The lowest BCUT2D eigenvalue weighted by Gasteiger charge is -2.14. The van der Waals surface area contributed by atoms with Gasteiger partial charge in [-0.2, -0.15) is 24.5 Å². The minimum atomic E-state index is -4.43. The molecule has 6 heteroatoms. The Morgan fingerprint density at radius 3 is 2.56 bits per heavy atom. The van der Waals surface area contributed by atoms with Crippen molar-refractivity contribution in [2.75, 3.05) is 0 Å². The van der Waals surface area contributed by atoms with Crippen molar-refractivity contribution in [3.05, 3.63) is 55.3 Å². The molecule has 0 amide bonds. The first-order chi connectivity index (χ1) is 8.39. The van der Waals surface area contributed by atoms with Crippen molar-refractivity contribution < 1.29 is 18.3 Å². The number of halogens is 4. The second kappa shape index (κ2) is 5.18. The van der Waals surface area contributed by atoms with Gasteiger partial charge in [0.05, 0.1) is 5.56 Å². The third-order valence-corrected chi connectivity index (χ3v) is 3.89. The molecule has 1 atom stereocenters. The highest BCUT2D eigenvalue weighted by Gasteiger charge is 2.36. The van der Waals surface area contributed by atoms with E-state index < -0.39 is 17.8 Å². The number of hydrogen-bond acceptors (Lipinski definition) is 2. The van der Waals surface area contributed by atoms with Gasteiger partial charge in [0, 0.05) is 14.5 Å². The average Bonchev–Trinajstić information content (AvgIpc) is 2.76. The third kappa shape index (κ3) is 2.86. The van der Waals surface area contributed by atoms with Crippen LogP contribution in [0.4, 0.5) is 13.2 Å². The molecule has 0 aliphatic rings. The SMILES string of the molecule is OC(c1cccc(I)c1)c1cscc1C(F)(F)F. The molecule has 1 aromatic carbocycles. The first-order valence-electron chi connectivity index (χ1n) is 4.96. The van der Waals surface area contributed by atoms with E-state index in [0.29, 0.717) is 5.56 Å². The van der Waals surface area contributed by atoms with Crippen molar-refractivity contribution in [2.24, 2.45) is 0 Å². The molecule has 1 heterocycles. The van der Waals surface area contributed by atoms with E-state index in [-0.39, 0.29) is 5.56 Å². The van der Waals surface area contributed by atoms with Crippen molar-refractivity contribution in [1.29, 1.82) is 0 Å². The topological polar surface area (TPSA) is 20.2 Å². The maximum absolute atomic E-state index is 12.7. The molecular weight excluding hydrogens is 376 g/mol. The lowest BCUT2D eigenvalue weighted by molar-refractivity contribution is -0.138. The monoisotopic (exact) mass is 384 g/mol. The fourth-order valence-electron chi connectivity index (χ4n) is 1.61. The summed E-state index contributed by atoms with van der Waals surface area (Å²) in [5.74, 6) is 0. The summed E-state index contributed by atoms with van der Waals surface area (Å²) in [4.78, 5) is 0. The van der Waals surface area contributed by atoms with Crippen molar-refractivity contribution >= 4 is 33.9 Å². The summed E-state index contributed by atoms with van der Waals surface area (Å²) in [6.45, 7) is 0. The Bertz CT molecular complexity index is 550. The van der Waals surface area contributed by atoms with E-state index >= 15 is 0 Å². The zero-order valence-electron chi connectivity index (χ0n) is 8.91. The average molecular weight is 384 g/mol. The first-order valence-corrected chi connectivity index (χ1v) is 6.98. The minimum Gasteiger partial charge on any atom is -0.384 e. The Morgan fingerprint density at radius 2 is 1.94 bits per heavy atom. The standard InChI is InChI=1S/C12H8F3IOS/c13-12(14,15)10-6-18-5-9(10)11(17)7-2-1-3-8(16)4-7/h1-6,11,17H. The summed E-state index contributed by atoms with van der Waals surface area (Å²) in [6.07, 6.45) is -5.68. The van der Waals surface area contributed by atoms with Gasteiger partial charge in [-0.05, 0) is 45.7 Å². The fraction of sp³-hybridized carbons (Fsp3) is 0.167. The number of alkyl halides is 3. The van der Waals surface area contributed by atoms with E-state index in [1.54, 1.807) is 18.2 Å². The Hall–Kier alpha value is -0.600. The van der Waals surface area contributed by atoms with Crippen LogP contribution in [-0.4, -0.2) is 5.11 Å². The van der Waals surface area contributed by atoms with Crippen LogP contribution in [-0.2, 0) is 6.18 Å². The van der Waals surface area contributed by atoms with E-state index in [1.165, 1.54) is 5.38 Å². The van der Waals surface area contributed by atoms with Crippen LogP contribution in [0, 0.1) is 3.57 Å². The number of hydrogen-bond donors (Lipinski definition) is 1. The van der Waals surface area contributed by atoms with Gasteiger partial charge in [0.2, 0.25) is 0 Å². The summed E-state index contributed by atoms with van der Waals surface area (Å²) in [7, 11) is 0. The van der Waals surface area contributed by atoms with E-state index in [9.17, 15) is 18.3 Å². The number of aliphatic hydroxyl groups excluding tert-OH is 1. The molecule has 0 saturated carbocycles. The molecule has 0 bridgehead atoms. The van der Waals surface area contributed by atoms with E-state index in [0.717, 1.165) is 20.3 Å². The van der Waals surface area contributed by atoms with Crippen LogP contribution in [0.25, 0.3) is 0 Å². The molecule has 1 unspecified atom stereocenters. The van der Waals surface area contributed by atoms with Gasteiger partial charge in [-0.25, -0.2) is 0 Å². The molecule has 1 nitrogen and oxygen atoms in total. The molecule has 1 aromatic heterocycles. The van der Waals surface area contributed by atoms with Crippen LogP contribution in [0.15, 0.2) is 35.0 Å². The van der Waals surface area contributed by atoms with Crippen molar-refractivity contribution in [3.8, 4) is 0 Å². The quantitative estimate of drug-likeness (QED) is 0.759. The zero-order valence-corrected chi connectivity index (χ0v) is 11.9. The minimum absolute atomic E-state index is 0.0884. The van der Waals surface area contributed by atoms with Gasteiger partial charge in [-0.15, -0.1) is 0 Å². The Labute approximate surface area is 119 Å². The summed E-state index contributed by atoms with van der Waals surface area (Å²) in [6, 6.07) is 6.81. The lowest BCUT2D eigenvalue weighted by atomic mass is 10.0. The zero-order chi connectivity index (χ0) is 13.3. The molecule has 0 saturated heterocycles. The van der Waals surface area contributed by atoms with Gasteiger partial charge < -0.3 is 5.11 Å². The molecule has 96 valence electrons. The van der Waals surface area contributed by atoms with E-state index in [2.05, 4.69) is 22.6 Å². The second-order valence-corrected chi connectivity index (χ2v) is 5.69. The van der Waals surface area contributed by atoms with Crippen LogP contribution in [0.1, 0.15) is 22.8 Å². The van der Waals surface area contributed by atoms with Crippen molar-refractivity contribution in [3.63, 3.8) is 0 Å². The normalized spacial score (nSPS) is 13.6. The third-order valence-electron chi connectivity index (χ3n) is 2.46. The molecule has 18 heavy (non-hydrogen) atoms. The first kappa shape index (κ1) is 13.8. The predicted octanol–water partition coefficient (Wildman–Crippen LogP) is 4.45. The molecule has 1 N–H and O–H groups in total. The predicted molar refractivity (Wildman–Crippen MR) is 72.5 cm³/mol. The van der Waals surface area contributed by atoms with Crippen LogP contribution in [0.5, 0.6) is 0 Å². The number of thiophene rings is 1. The Balaban J connectivity index is 2.41. The smallest absolute Gasteiger partial charge is 0.384 e. The maximum Gasteiger partial charge on any atom is 0.417 e. The number of aliphatic hydroxyl groups is 1. The molecule has 0 radical (unpaired) electrons. The highest BCUT2D eigenvalue weighted by atomic mass is 127. The van der Waals surface area contributed by atoms with Gasteiger partial charge >= 0.3 is 6.18 Å². The van der Waals surface area contributed by atoms with Gasteiger partial charge in [0.15, 0.2) is 0 Å². The summed E-state index contributed by atoms with van der Waals surface area (Å²) in [5, 5.41) is 12.4. The largest absolute Gasteiger partial charge is 0.417 e. The van der Waals surface area contributed by atoms with Gasteiger partial charge in [-0.3, -0.25) is 0 Å². The Morgan fingerprint density at radius 1 is 1.22 bits per heavy atom. The van der Waals surface area contributed by atoms with Crippen LogP contribution in [0.3, 0.4) is 0 Å². The summed E-state index contributed by atoms with van der Waals surface area (Å²) in [5.41, 5.74) is -0.390. The fourth-order valence-corrected chi connectivity index (χ4v) is 3.05. The molecule has 0 aliphatic heterocycles. The van der Waals surface area contributed by atoms with Gasteiger partial charge in [0.1, 0.15) is 6.10 Å². The van der Waals surface area contributed by atoms with Crippen LogP contribution >= 0.6 is 33.9 Å². The molecule has 0 aliphatic carbocycles. The summed E-state index contributed by atoms with van der Waals surface area (Å²) < 4.78 is 39.1. The van der Waals surface area contributed by atoms with Crippen molar-refractivity contribution in [1.82, 2.24) is 0 Å². The molecule has 2 rings (SSSR count). The molecule has 2 aromatic rings. The van der Waals surface area contributed by atoms with Crippen LogP contribution in [0.2, 0.25) is 0 Å². The molecular formula is C12H8F3IOS. The lowest BCUT2D eigenvalue weighted by Crippen LogP contribution is -2.10. The Kier molecular flexibility index (Phi) is 3.98. The van der Waals surface area contributed by atoms with Gasteiger partial charge in [-0.1, -0.05) is 12.1 Å². The van der Waals surface area contributed by atoms with Crippen LogP contribution < -0.4 is 0 Å². The summed E-state index contributed by atoms with van der Waals surface area (Å²) >= 11 is 2.99. The van der Waals surface area contributed by atoms with Gasteiger partial charge in [0.25, 0.3) is 0 Å². The van der Waals surface area contributed by atoms with Crippen molar-refractivity contribution in [2.45, 2.75) is 12.3 Å². The maximum atomic E-state index is 12.7. The number of rotatable bonds is 2. The number of benzene rings is 1. The molecule has 0 spiro atoms. The van der Waals surface area contributed by atoms with E-state index in [4.69, 9.17) is 0 Å². The second-order valence-electron chi connectivity index (χ2n) is 3.70. The highest BCUT2D eigenvalue weighted by molar-refractivity contribution is 14.1. The van der Waals surface area contributed by atoms with E-state index in [1.807, 2.05) is 6.07 Å². The highest BCUT2D eigenvalue weighted by Crippen LogP contribution is 2.38.